The Morgan fingerprint density at radius 2 is 1.50 bits per heavy atom. The van der Waals surface area contributed by atoms with Gasteiger partial charge in [0, 0.05) is 37.5 Å². The molecule has 2 aromatic rings. The number of benzene rings is 2. The number of hydrogen-bond acceptors (Lipinski definition) is 3. The van der Waals surface area contributed by atoms with E-state index in [-0.39, 0.29) is 23.8 Å². The highest BCUT2D eigenvalue weighted by Gasteiger charge is 2.43. The second-order valence-corrected chi connectivity index (χ2v) is 10.6. The van der Waals surface area contributed by atoms with Gasteiger partial charge >= 0.3 is 0 Å². The normalized spacial score (nSPS) is 24.9. The molecule has 0 aromatic heterocycles. The van der Waals surface area contributed by atoms with E-state index in [9.17, 15) is 9.59 Å². The smallest absolute Gasteiger partial charge is 0.227 e. The van der Waals surface area contributed by atoms with Crippen LogP contribution in [0.5, 0.6) is 0 Å². The molecular formula is C29H39N3O2. The molecule has 2 aliphatic rings. The SMILES string of the molecule is CC(C)[C@H](C(=O)N1C[C@@H](c2ccccc2)C[C@H]1CN1CCC(c2ccccc2)C1)C(C)C(N)=O. The van der Waals surface area contributed by atoms with E-state index < -0.39 is 11.8 Å². The van der Waals surface area contributed by atoms with Crippen LogP contribution in [0, 0.1) is 17.8 Å². The van der Waals surface area contributed by atoms with Crippen molar-refractivity contribution in [3.8, 4) is 0 Å². The van der Waals surface area contributed by atoms with Crippen LogP contribution < -0.4 is 5.73 Å². The zero-order valence-corrected chi connectivity index (χ0v) is 20.8. The van der Waals surface area contributed by atoms with E-state index >= 15 is 0 Å². The summed E-state index contributed by atoms with van der Waals surface area (Å²) in [4.78, 5) is 30.5. The number of nitrogens with two attached hydrogens (primary N) is 1. The zero-order valence-electron chi connectivity index (χ0n) is 20.8. The molecule has 4 rings (SSSR count). The fourth-order valence-corrected chi connectivity index (χ4v) is 6.07. The van der Waals surface area contributed by atoms with Crippen LogP contribution in [-0.4, -0.2) is 53.8 Å². The highest BCUT2D eigenvalue weighted by molar-refractivity contribution is 5.87. The number of primary amides is 1. The lowest BCUT2D eigenvalue weighted by molar-refractivity contribution is -0.143. The molecule has 5 nitrogen and oxygen atoms in total. The summed E-state index contributed by atoms with van der Waals surface area (Å²) in [6.07, 6.45) is 2.11. The van der Waals surface area contributed by atoms with Gasteiger partial charge in [0.1, 0.15) is 0 Å². The zero-order chi connectivity index (χ0) is 24.2. The molecule has 0 radical (unpaired) electrons. The second kappa shape index (κ2) is 10.7. The van der Waals surface area contributed by atoms with Crippen LogP contribution in [0.3, 0.4) is 0 Å². The van der Waals surface area contributed by atoms with Crippen molar-refractivity contribution < 1.29 is 9.59 Å². The molecule has 0 bridgehead atoms. The summed E-state index contributed by atoms with van der Waals surface area (Å²) in [6, 6.07) is 21.4. The maximum atomic E-state index is 13.9. The number of carbonyl (C=O) groups is 2. The van der Waals surface area contributed by atoms with Gasteiger partial charge in [-0.1, -0.05) is 81.4 Å². The van der Waals surface area contributed by atoms with Gasteiger partial charge in [-0.05, 0) is 42.3 Å². The molecule has 2 fully saturated rings. The molecule has 5 atom stereocenters. The van der Waals surface area contributed by atoms with E-state index in [2.05, 4.69) is 64.4 Å². The molecule has 2 N–H and O–H groups in total. The molecule has 182 valence electrons. The molecular weight excluding hydrogens is 422 g/mol. The minimum atomic E-state index is -0.474. The summed E-state index contributed by atoms with van der Waals surface area (Å²) < 4.78 is 0. The lowest BCUT2D eigenvalue weighted by Gasteiger charge is -2.34. The van der Waals surface area contributed by atoms with Gasteiger partial charge in [0.15, 0.2) is 0 Å². The van der Waals surface area contributed by atoms with Crippen LogP contribution in [0.2, 0.25) is 0 Å². The Hall–Kier alpha value is -2.66. The van der Waals surface area contributed by atoms with E-state index in [1.807, 2.05) is 19.9 Å². The maximum absolute atomic E-state index is 13.9. The highest BCUT2D eigenvalue weighted by Crippen LogP contribution is 2.36. The number of carbonyl (C=O) groups excluding carboxylic acids is 2. The van der Waals surface area contributed by atoms with Crippen molar-refractivity contribution in [2.75, 3.05) is 26.2 Å². The molecule has 2 amide bonds. The van der Waals surface area contributed by atoms with Gasteiger partial charge < -0.3 is 15.5 Å². The monoisotopic (exact) mass is 461 g/mol. The largest absolute Gasteiger partial charge is 0.369 e. The van der Waals surface area contributed by atoms with Gasteiger partial charge in [0.05, 0.1) is 5.92 Å². The van der Waals surface area contributed by atoms with Crippen molar-refractivity contribution in [2.24, 2.45) is 23.5 Å². The summed E-state index contributed by atoms with van der Waals surface area (Å²) in [6.45, 7) is 9.52. The minimum Gasteiger partial charge on any atom is -0.369 e. The lowest BCUT2D eigenvalue weighted by atomic mass is 9.82. The van der Waals surface area contributed by atoms with Crippen molar-refractivity contribution in [1.29, 1.82) is 0 Å². The number of rotatable bonds is 8. The number of nitrogens with zero attached hydrogens (tertiary/aromatic N) is 2. The molecule has 5 heteroatoms. The average Bonchev–Trinajstić information content (AvgIpc) is 3.48. The first-order chi connectivity index (χ1) is 16.3. The summed E-state index contributed by atoms with van der Waals surface area (Å²) in [5.41, 5.74) is 8.34. The van der Waals surface area contributed by atoms with Gasteiger partial charge in [-0.25, -0.2) is 0 Å². The predicted molar refractivity (Wildman–Crippen MR) is 136 cm³/mol. The van der Waals surface area contributed by atoms with Crippen LogP contribution in [0.15, 0.2) is 60.7 Å². The van der Waals surface area contributed by atoms with Crippen molar-refractivity contribution in [3.63, 3.8) is 0 Å². The Morgan fingerprint density at radius 3 is 2.06 bits per heavy atom. The second-order valence-electron chi connectivity index (χ2n) is 10.6. The predicted octanol–water partition coefficient (Wildman–Crippen LogP) is 4.25. The average molecular weight is 462 g/mol. The van der Waals surface area contributed by atoms with E-state index in [1.165, 1.54) is 11.1 Å². The number of likely N-dealkylation sites (tertiary alicyclic amines) is 2. The van der Waals surface area contributed by atoms with Crippen LogP contribution in [-0.2, 0) is 9.59 Å². The van der Waals surface area contributed by atoms with Gasteiger partial charge in [-0.2, -0.15) is 0 Å². The molecule has 34 heavy (non-hydrogen) atoms. The van der Waals surface area contributed by atoms with E-state index in [0.29, 0.717) is 18.4 Å². The molecule has 0 aliphatic carbocycles. The van der Waals surface area contributed by atoms with E-state index in [1.54, 1.807) is 6.92 Å². The summed E-state index contributed by atoms with van der Waals surface area (Å²) >= 11 is 0. The maximum Gasteiger partial charge on any atom is 0.227 e. The van der Waals surface area contributed by atoms with Gasteiger partial charge in [-0.3, -0.25) is 9.59 Å². The quantitative estimate of drug-likeness (QED) is 0.639. The summed E-state index contributed by atoms with van der Waals surface area (Å²) in [5, 5.41) is 0. The molecule has 2 aliphatic heterocycles. The molecule has 2 heterocycles. The summed E-state index contributed by atoms with van der Waals surface area (Å²) in [7, 11) is 0. The minimum absolute atomic E-state index is 0.0562. The number of hydrogen-bond donors (Lipinski definition) is 1. The van der Waals surface area contributed by atoms with Crippen LogP contribution in [0.1, 0.15) is 56.6 Å². The molecule has 2 saturated heterocycles. The van der Waals surface area contributed by atoms with Crippen molar-refractivity contribution in [2.45, 2.75) is 51.5 Å². The highest BCUT2D eigenvalue weighted by atomic mass is 16.2. The Bertz CT molecular complexity index is 962. The standard InChI is InChI=1S/C29H39N3O2/c1-20(2)27(21(3)28(30)33)29(34)32-18-25(23-12-8-5-9-13-23)16-26(32)19-31-15-14-24(17-31)22-10-6-4-7-11-22/h4-13,20-21,24-27H,14-19H2,1-3H3,(H2,30,33)/t21?,24?,25-,26-,27-/m0/s1. The van der Waals surface area contributed by atoms with E-state index in [4.69, 9.17) is 5.73 Å². The summed E-state index contributed by atoms with van der Waals surface area (Å²) in [5.74, 6) is -0.241. The van der Waals surface area contributed by atoms with Crippen LogP contribution in [0.4, 0.5) is 0 Å². The Morgan fingerprint density at radius 1 is 0.912 bits per heavy atom. The Kier molecular flexibility index (Phi) is 7.72. The molecule has 2 aromatic carbocycles. The van der Waals surface area contributed by atoms with Gasteiger partial charge in [0.25, 0.3) is 0 Å². The molecule has 2 unspecified atom stereocenters. The Balaban J connectivity index is 1.53. The fraction of sp³-hybridized carbons (Fsp3) is 0.517. The van der Waals surface area contributed by atoms with Gasteiger partial charge in [-0.15, -0.1) is 0 Å². The first kappa shape index (κ1) is 24.5. The van der Waals surface area contributed by atoms with E-state index in [0.717, 1.165) is 32.5 Å². The lowest BCUT2D eigenvalue weighted by Crippen LogP contribution is -2.49. The van der Waals surface area contributed by atoms with Gasteiger partial charge in [0.2, 0.25) is 11.8 Å². The first-order valence-electron chi connectivity index (χ1n) is 12.8. The molecule has 0 saturated carbocycles. The molecule has 0 spiro atoms. The van der Waals surface area contributed by atoms with Crippen molar-refractivity contribution in [1.82, 2.24) is 9.80 Å². The first-order valence-corrected chi connectivity index (χ1v) is 12.8. The van der Waals surface area contributed by atoms with Crippen molar-refractivity contribution in [3.05, 3.63) is 71.8 Å². The third kappa shape index (κ3) is 5.35. The number of amides is 2. The van der Waals surface area contributed by atoms with Crippen molar-refractivity contribution >= 4 is 11.8 Å². The topological polar surface area (TPSA) is 66.6 Å². The van der Waals surface area contributed by atoms with Crippen LogP contribution >= 0.6 is 0 Å². The third-order valence-electron chi connectivity index (χ3n) is 7.97. The fourth-order valence-electron chi connectivity index (χ4n) is 6.07. The third-order valence-corrected chi connectivity index (χ3v) is 7.97. The Labute approximate surface area is 204 Å². The van der Waals surface area contributed by atoms with Crippen LogP contribution in [0.25, 0.3) is 0 Å².